The van der Waals surface area contributed by atoms with Crippen molar-refractivity contribution in [2.75, 3.05) is 19.7 Å². The minimum absolute atomic E-state index is 0.0725. The van der Waals surface area contributed by atoms with E-state index in [-0.39, 0.29) is 18.4 Å². The maximum atomic E-state index is 12.4. The number of carbonyl (C=O) groups excluding carboxylic acids is 1. The minimum Gasteiger partial charge on any atom is -0.395 e. The molecule has 0 aliphatic heterocycles. The lowest BCUT2D eigenvalue weighted by Crippen LogP contribution is -2.40. The van der Waals surface area contributed by atoms with Gasteiger partial charge >= 0.3 is 0 Å². The van der Waals surface area contributed by atoms with Gasteiger partial charge in [0, 0.05) is 19.0 Å². The highest BCUT2D eigenvalue weighted by atomic mass is 16.3. The summed E-state index contributed by atoms with van der Waals surface area (Å²) < 4.78 is 0. The number of nitrogens with zero attached hydrogens (tertiary/aromatic N) is 1. The lowest BCUT2D eigenvalue weighted by atomic mass is 9.69. The highest BCUT2D eigenvalue weighted by Gasteiger charge is 2.33. The molecule has 0 spiro atoms. The third-order valence-electron chi connectivity index (χ3n) is 4.48. The van der Waals surface area contributed by atoms with Crippen LogP contribution in [0.25, 0.3) is 0 Å². The van der Waals surface area contributed by atoms with Crippen LogP contribution < -0.4 is 0 Å². The number of carbonyl (C=O) groups is 1. The van der Waals surface area contributed by atoms with Crippen molar-refractivity contribution in [1.82, 2.24) is 4.90 Å². The molecular weight excluding hydrogens is 238 g/mol. The summed E-state index contributed by atoms with van der Waals surface area (Å²) in [5.74, 6) is 1.20. The Hall–Kier alpha value is -0.570. The normalized spacial score (nSPS) is 24.3. The van der Waals surface area contributed by atoms with Crippen LogP contribution in [0.3, 0.4) is 0 Å². The van der Waals surface area contributed by atoms with Crippen molar-refractivity contribution in [2.24, 2.45) is 17.3 Å². The zero-order valence-corrected chi connectivity index (χ0v) is 13.1. The van der Waals surface area contributed by atoms with Gasteiger partial charge < -0.3 is 10.0 Å². The molecule has 1 fully saturated rings. The Bertz CT molecular complexity index is 269. The second kappa shape index (κ2) is 7.28. The molecule has 0 unspecified atom stereocenters. The fraction of sp³-hybridized carbons (Fsp3) is 0.938. The average Bonchev–Trinajstić information content (AvgIpc) is 2.37. The average molecular weight is 269 g/mol. The smallest absolute Gasteiger partial charge is 0.225 e. The molecule has 0 heterocycles. The number of hydrogen-bond donors (Lipinski definition) is 1. The second-order valence-corrected chi connectivity index (χ2v) is 6.96. The van der Waals surface area contributed by atoms with Gasteiger partial charge in [-0.2, -0.15) is 0 Å². The summed E-state index contributed by atoms with van der Waals surface area (Å²) >= 11 is 0. The Morgan fingerprint density at radius 2 is 1.74 bits per heavy atom. The van der Waals surface area contributed by atoms with E-state index in [1.165, 1.54) is 12.8 Å². The van der Waals surface area contributed by atoms with Crippen LogP contribution in [0, 0.1) is 17.3 Å². The Morgan fingerprint density at radius 1 is 1.16 bits per heavy atom. The van der Waals surface area contributed by atoms with Gasteiger partial charge in [-0.3, -0.25) is 4.79 Å². The Balaban J connectivity index is 2.51. The second-order valence-electron chi connectivity index (χ2n) is 6.96. The zero-order chi connectivity index (χ0) is 14.5. The van der Waals surface area contributed by atoms with Gasteiger partial charge in [0.25, 0.3) is 0 Å². The van der Waals surface area contributed by atoms with Crippen LogP contribution in [0.1, 0.15) is 59.8 Å². The van der Waals surface area contributed by atoms with Gasteiger partial charge in [0.05, 0.1) is 6.61 Å². The number of rotatable bonds is 5. The van der Waals surface area contributed by atoms with E-state index >= 15 is 0 Å². The van der Waals surface area contributed by atoms with Crippen molar-refractivity contribution >= 4 is 5.91 Å². The van der Waals surface area contributed by atoms with E-state index in [0.717, 1.165) is 31.7 Å². The van der Waals surface area contributed by atoms with E-state index in [1.54, 1.807) is 0 Å². The SMILES string of the molecule is CCCN(CCO)C(=O)C1CCC(C(C)(C)C)CC1. The van der Waals surface area contributed by atoms with E-state index in [2.05, 4.69) is 27.7 Å². The molecule has 1 aliphatic rings. The van der Waals surface area contributed by atoms with Crippen LogP contribution in [-0.2, 0) is 4.79 Å². The molecule has 1 rings (SSSR count). The van der Waals surface area contributed by atoms with Crippen LogP contribution in [0.5, 0.6) is 0 Å². The zero-order valence-electron chi connectivity index (χ0n) is 13.1. The number of amides is 1. The summed E-state index contributed by atoms with van der Waals surface area (Å²) in [5.41, 5.74) is 0.363. The Labute approximate surface area is 118 Å². The topological polar surface area (TPSA) is 40.5 Å². The van der Waals surface area contributed by atoms with Crippen molar-refractivity contribution in [3.8, 4) is 0 Å². The summed E-state index contributed by atoms with van der Waals surface area (Å²) in [6.07, 6.45) is 5.33. The molecule has 0 saturated heterocycles. The van der Waals surface area contributed by atoms with Crippen LogP contribution in [0.15, 0.2) is 0 Å². The molecule has 112 valence electrons. The summed E-state index contributed by atoms with van der Waals surface area (Å²) in [6, 6.07) is 0. The van der Waals surface area contributed by atoms with Gasteiger partial charge in [-0.05, 0) is 43.4 Å². The standard InChI is InChI=1S/C16H31NO2/c1-5-10-17(11-12-18)15(19)13-6-8-14(9-7-13)16(2,3)4/h13-14,18H,5-12H2,1-4H3. The van der Waals surface area contributed by atoms with E-state index in [9.17, 15) is 4.79 Å². The monoisotopic (exact) mass is 269 g/mol. The van der Waals surface area contributed by atoms with Crippen molar-refractivity contribution in [3.63, 3.8) is 0 Å². The van der Waals surface area contributed by atoms with E-state index in [1.807, 2.05) is 4.90 Å². The molecule has 3 nitrogen and oxygen atoms in total. The van der Waals surface area contributed by atoms with Crippen molar-refractivity contribution in [2.45, 2.75) is 59.8 Å². The van der Waals surface area contributed by atoms with Crippen molar-refractivity contribution in [3.05, 3.63) is 0 Å². The lowest BCUT2D eigenvalue weighted by Gasteiger charge is -2.37. The van der Waals surface area contributed by atoms with Gasteiger partial charge in [0.15, 0.2) is 0 Å². The van der Waals surface area contributed by atoms with Crippen LogP contribution >= 0.6 is 0 Å². The third kappa shape index (κ3) is 4.79. The fourth-order valence-electron chi connectivity index (χ4n) is 3.19. The Kier molecular flexibility index (Phi) is 6.31. The first-order valence-electron chi connectivity index (χ1n) is 7.79. The molecule has 19 heavy (non-hydrogen) atoms. The van der Waals surface area contributed by atoms with E-state index in [4.69, 9.17) is 5.11 Å². The molecule has 1 saturated carbocycles. The van der Waals surface area contributed by atoms with E-state index < -0.39 is 0 Å². The first-order chi connectivity index (χ1) is 8.90. The molecule has 0 bridgehead atoms. The van der Waals surface area contributed by atoms with Crippen LogP contribution in [0.4, 0.5) is 0 Å². The molecule has 1 aliphatic carbocycles. The van der Waals surface area contributed by atoms with Gasteiger partial charge in [-0.15, -0.1) is 0 Å². The summed E-state index contributed by atoms with van der Waals surface area (Å²) in [4.78, 5) is 14.3. The van der Waals surface area contributed by atoms with E-state index in [0.29, 0.717) is 12.0 Å². The maximum absolute atomic E-state index is 12.4. The summed E-state index contributed by atoms with van der Waals surface area (Å²) in [7, 11) is 0. The van der Waals surface area contributed by atoms with Crippen molar-refractivity contribution in [1.29, 1.82) is 0 Å². The van der Waals surface area contributed by atoms with Crippen molar-refractivity contribution < 1.29 is 9.90 Å². The number of hydrogen-bond acceptors (Lipinski definition) is 2. The highest BCUT2D eigenvalue weighted by molar-refractivity contribution is 5.78. The predicted octanol–water partition coefficient (Wildman–Crippen LogP) is 3.07. The molecule has 3 heteroatoms. The maximum Gasteiger partial charge on any atom is 0.225 e. The first-order valence-corrected chi connectivity index (χ1v) is 7.79. The van der Waals surface area contributed by atoms with Gasteiger partial charge in [0.2, 0.25) is 5.91 Å². The molecule has 0 aromatic heterocycles. The summed E-state index contributed by atoms with van der Waals surface area (Å²) in [5, 5.41) is 9.07. The summed E-state index contributed by atoms with van der Waals surface area (Å²) in [6.45, 7) is 10.3. The van der Waals surface area contributed by atoms with Gasteiger partial charge in [0.1, 0.15) is 0 Å². The van der Waals surface area contributed by atoms with Gasteiger partial charge in [-0.1, -0.05) is 27.7 Å². The quantitative estimate of drug-likeness (QED) is 0.833. The molecule has 0 aromatic carbocycles. The predicted molar refractivity (Wildman–Crippen MR) is 78.9 cm³/mol. The fourth-order valence-corrected chi connectivity index (χ4v) is 3.19. The Morgan fingerprint density at radius 3 is 2.16 bits per heavy atom. The molecule has 1 amide bonds. The van der Waals surface area contributed by atoms with Gasteiger partial charge in [-0.25, -0.2) is 0 Å². The molecule has 1 N–H and O–H groups in total. The molecule has 0 aromatic rings. The van der Waals surface area contributed by atoms with Crippen LogP contribution in [-0.4, -0.2) is 35.6 Å². The number of aliphatic hydroxyl groups excluding tert-OH is 1. The first kappa shape index (κ1) is 16.5. The van der Waals surface area contributed by atoms with Crippen LogP contribution in [0.2, 0.25) is 0 Å². The largest absolute Gasteiger partial charge is 0.395 e. The molecule has 0 atom stereocenters. The lowest BCUT2D eigenvalue weighted by molar-refractivity contribution is -0.137. The minimum atomic E-state index is 0.0725. The number of aliphatic hydroxyl groups is 1. The highest BCUT2D eigenvalue weighted by Crippen LogP contribution is 2.40. The molecule has 0 radical (unpaired) electrons. The molecular formula is C16H31NO2. The third-order valence-corrected chi connectivity index (χ3v) is 4.48.